The lowest BCUT2D eigenvalue weighted by atomic mass is 9.86. The Balaban J connectivity index is 1.99. The molecule has 0 radical (unpaired) electrons. The SMILES string of the molecule is Cc1ncc(-c2ccc3c(c2)N(CCCO)CC3(C)C)cn1. The number of hydrogen-bond donors (Lipinski definition) is 1. The van der Waals surface area contributed by atoms with E-state index in [1.165, 1.54) is 11.3 Å². The first-order chi connectivity index (χ1) is 10.5. The number of hydrogen-bond acceptors (Lipinski definition) is 4. The van der Waals surface area contributed by atoms with Crippen LogP contribution in [0.15, 0.2) is 30.6 Å². The Morgan fingerprint density at radius 3 is 2.59 bits per heavy atom. The van der Waals surface area contributed by atoms with Crippen molar-refractivity contribution in [1.29, 1.82) is 0 Å². The van der Waals surface area contributed by atoms with Gasteiger partial charge in [0.1, 0.15) is 5.82 Å². The zero-order valence-electron chi connectivity index (χ0n) is 13.5. The topological polar surface area (TPSA) is 49.2 Å². The van der Waals surface area contributed by atoms with Gasteiger partial charge in [0.05, 0.1) is 0 Å². The average molecular weight is 297 g/mol. The standard InChI is InChI=1S/C18H23N3O/c1-13-19-10-15(11-20-13)14-5-6-16-17(9-14)21(7-4-8-22)12-18(16,2)3/h5-6,9-11,22H,4,7-8,12H2,1-3H3. The number of aliphatic hydroxyl groups is 1. The molecule has 0 amide bonds. The van der Waals surface area contributed by atoms with Crippen molar-refractivity contribution in [2.45, 2.75) is 32.6 Å². The molecule has 4 heteroatoms. The maximum absolute atomic E-state index is 9.12. The van der Waals surface area contributed by atoms with Gasteiger partial charge in [-0.25, -0.2) is 9.97 Å². The Labute approximate surface area is 131 Å². The molecule has 0 fully saturated rings. The predicted molar refractivity (Wildman–Crippen MR) is 89.1 cm³/mol. The largest absolute Gasteiger partial charge is 0.396 e. The molecule has 0 saturated heterocycles. The summed E-state index contributed by atoms with van der Waals surface area (Å²) in [5.74, 6) is 0.788. The van der Waals surface area contributed by atoms with E-state index >= 15 is 0 Å². The molecule has 0 spiro atoms. The summed E-state index contributed by atoms with van der Waals surface area (Å²) in [5.41, 5.74) is 4.98. The molecule has 1 aromatic carbocycles. The van der Waals surface area contributed by atoms with E-state index in [1.54, 1.807) is 0 Å². The maximum atomic E-state index is 9.12. The molecule has 0 saturated carbocycles. The second kappa shape index (κ2) is 5.69. The molecule has 0 unspecified atom stereocenters. The van der Waals surface area contributed by atoms with Crippen LogP contribution in [0.3, 0.4) is 0 Å². The van der Waals surface area contributed by atoms with Crippen LogP contribution in [-0.2, 0) is 5.41 Å². The highest BCUT2D eigenvalue weighted by atomic mass is 16.3. The third kappa shape index (κ3) is 2.71. The number of aliphatic hydroxyl groups excluding tert-OH is 1. The molecule has 0 aliphatic carbocycles. The van der Waals surface area contributed by atoms with E-state index in [0.717, 1.165) is 36.5 Å². The number of aromatic nitrogens is 2. The summed E-state index contributed by atoms with van der Waals surface area (Å²) in [4.78, 5) is 11.0. The summed E-state index contributed by atoms with van der Waals surface area (Å²) < 4.78 is 0. The Bertz CT molecular complexity index is 665. The molecule has 0 atom stereocenters. The van der Waals surface area contributed by atoms with Crippen molar-refractivity contribution < 1.29 is 5.11 Å². The van der Waals surface area contributed by atoms with Crippen molar-refractivity contribution in [1.82, 2.24) is 9.97 Å². The molecule has 3 rings (SSSR count). The van der Waals surface area contributed by atoms with Gasteiger partial charge in [0.25, 0.3) is 0 Å². The van der Waals surface area contributed by atoms with E-state index in [0.29, 0.717) is 0 Å². The fraction of sp³-hybridized carbons (Fsp3) is 0.444. The molecule has 0 bridgehead atoms. The van der Waals surface area contributed by atoms with Gasteiger partial charge in [-0.15, -0.1) is 0 Å². The molecule has 2 heterocycles. The first kappa shape index (κ1) is 15.0. The van der Waals surface area contributed by atoms with Gasteiger partial charge in [-0.05, 0) is 30.5 Å². The van der Waals surface area contributed by atoms with Gasteiger partial charge in [0, 0.05) is 48.8 Å². The monoisotopic (exact) mass is 297 g/mol. The summed E-state index contributed by atoms with van der Waals surface area (Å²) in [6, 6.07) is 6.61. The number of rotatable bonds is 4. The van der Waals surface area contributed by atoms with Crippen molar-refractivity contribution in [2.75, 3.05) is 24.6 Å². The van der Waals surface area contributed by atoms with Gasteiger partial charge in [-0.3, -0.25) is 0 Å². The zero-order chi connectivity index (χ0) is 15.7. The predicted octanol–water partition coefficient (Wildman–Crippen LogP) is 2.93. The minimum atomic E-state index is 0.146. The smallest absolute Gasteiger partial charge is 0.125 e. The minimum Gasteiger partial charge on any atom is -0.396 e. The van der Waals surface area contributed by atoms with Crippen LogP contribution in [-0.4, -0.2) is 34.8 Å². The van der Waals surface area contributed by atoms with Crippen LogP contribution < -0.4 is 4.90 Å². The molecular weight excluding hydrogens is 274 g/mol. The second-order valence-electron chi connectivity index (χ2n) is 6.63. The van der Waals surface area contributed by atoms with Gasteiger partial charge < -0.3 is 10.0 Å². The Hall–Kier alpha value is -1.94. The lowest BCUT2D eigenvalue weighted by Crippen LogP contribution is -2.29. The third-order valence-corrected chi connectivity index (χ3v) is 4.35. The van der Waals surface area contributed by atoms with E-state index in [1.807, 2.05) is 19.3 Å². The van der Waals surface area contributed by atoms with Crippen molar-refractivity contribution in [3.05, 3.63) is 42.0 Å². The Morgan fingerprint density at radius 2 is 1.91 bits per heavy atom. The molecule has 1 N–H and O–H groups in total. The van der Waals surface area contributed by atoms with Crippen LogP contribution in [0, 0.1) is 6.92 Å². The van der Waals surface area contributed by atoms with Crippen LogP contribution >= 0.6 is 0 Å². The lowest BCUT2D eigenvalue weighted by Gasteiger charge is -2.22. The molecule has 22 heavy (non-hydrogen) atoms. The maximum Gasteiger partial charge on any atom is 0.125 e. The fourth-order valence-electron chi connectivity index (χ4n) is 3.20. The van der Waals surface area contributed by atoms with Crippen LogP contribution in [0.5, 0.6) is 0 Å². The van der Waals surface area contributed by atoms with E-state index in [4.69, 9.17) is 5.11 Å². The molecule has 116 valence electrons. The summed E-state index contributed by atoms with van der Waals surface area (Å²) in [5, 5.41) is 9.12. The normalized spacial score (nSPS) is 15.9. The van der Waals surface area contributed by atoms with Gasteiger partial charge >= 0.3 is 0 Å². The number of nitrogens with zero attached hydrogens (tertiary/aromatic N) is 3. The molecule has 1 aliphatic heterocycles. The summed E-state index contributed by atoms with van der Waals surface area (Å²) in [6.07, 6.45) is 4.55. The summed E-state index contributed by atoms with van der Waals surface area (Å²) >= 11 is 0. The molecule has 4 nitrogen and oxygen atoms in total. The van der Waals surface area contributed by atoms with E-state index in [9.17, 15) is 0 Å². The van der Waals surface area contributed by atoms with E-state index < -0.39 is 0 Å². The zero-order valence-corrected chi connectivity index (χ0v) is 13.5. The average Bonchev–Trinajstić information content (AvgIpc) is 2.76. The number of aryl methyl sites for hydroxylation is 1. The second-order valence-corrected chi connectivity index (χ2v) is 6.63. The highest BCUT2D eigenvalue weighted by Crippen LogP contribution is 2.42. The van der Waals surface area contributed by atoms with Crippen molar-refractivity contribution in [3.63, 3.8) is 0 Å². The summed E-state index contributed by atoms with van der Waals surface area (Å²) in [6.45, 7) is 8.57. The van der Waals surface area contributed by atoms with E-state index in [2.05, 4.69) is 46.9 Å². The number of benzene rings is 1. The fourth-order valence-corrected chi connectivity index (χ4v) is 3.20. The molecule has 1 aromatic heterocycles. The van der Waals surface area contributed by atoms with E-state index in [-0.39, 0.29) is 12.0 Å². The molecule has 2 aromatic rings. The molecular formula is C18H23N3O. The first-order valence-electron chi connectivity index (χ1n) is 7.80. The number of anilines is 1. The van der Waals surface area contributed by atoms with Gasteiger partial charge in [0.15, 0.2) is 0 Å². The van der Waals surface area contributed by atoms with Crippen LogP contribution in [0.2, 0.25) is 0 Å². The highest BCUT2D eigenvalue weighted by molar-refractivity contribution is 5.73. The van der Waals surface area contributed by atoms with Gasteiger partial charge in [-0.1, -0.05) is 26.0 Å². The summed E-state index contributed by atoms with van der Waals surface area (Å²) in [7, 11) is 0. The quantitative estimate of drug-likeness (QED) is 0.942. The minimum absolute atomic E-state index is 0.146. The van der Waals surface area contributed by atoms with Gasteiger partial charge in [-0.2, -0.15) is 0 Å². The lowest BCUT2D eigenvalue weighted by molar-refractivity contribution is 0.289. The number of fused-ring (bicyclic) bond motifs is 1. The van der Waals surface area contributed by atoms with Crippen LogP contribution in [0.4, 0.5) is 5.69 Å². The van der Waals surface area contributed by atoms with Crippen LogP contribution in [0.25, 0.3) is 11.1 Å². The first-order valence-corrected chi connectivity index (χ1v) is 7.80. The Morgan fingerprint density at radius 1 is 1.18 bits per heavy atom. The van der Waals surface area contributed by atoms with Crippen molar-refractivity contribution in [3.8, 4) is 11.1 Å². The Kier molecular flexibility index (Phi) is 3.87. The third-order valence-electron chi connectivity index (χ3n) is 4.35. The van der Waals surface area contributed by atoms with Crippen molar-refractivity contribution >= 4 is 5.69 Å². The molecule has 1 aliphatic rings. The highest BCUT2D eigenvalue weighted by Gasteiger charge is 2.34. The van der Waals surface area contributed by atoms with Crippen LogP contribution in [0.1, 0.15) is 31.7 Å². The van der Waals surface area contributed by atoms with Crippen molar-refractivity contribution in [2.24, 2.45) is 0 Å². The van der Waals surface area contributed by atoms with Gasteiger partial charge in [0.2, 0.25) is 0 Å².